The zero-order chi connectivity index (χ0) is 6.41. The highest BCUT2D eigenvalue weighted by Crippen LogP contribution is 1.81. The molecule has 45 valence electrons. The topological polar surface area (TPSA) is 14.1 Å². The molecule has 0 atom stereocenters. The zero-order valence-corrected chi connectivity index (χ0v) is 5.35. The molecular weight excluding hydrogens is 98.1 g/mol. The third-order valence-electron chi connectivity index (χ3n) is 0.640. The molecule has 0 saturated heterocycles. The predicted molar refractivity (Wildman–Crippen MR) is 36.9 cm³/mol. The van der Waals surface area contributed by atoms with Crippen molar-refractivity contribution in [1.29, 1.82) is 0 Å². The Morgan fingerprint density at radius 3 is 2.75 bits per heavy atom. The van der Waals surface area contributed by atoms with E-state index in [1.54, 1.807) is 6.08 Å². The van der Waals surface area contributed by atoms with E-state index in [-0.39, 0.29) is 0 Å². The molecule has 0 aliphatic carbocycles. The van der Waals surface area contributed by atoms with Crippen LogP contribution >= 0.6 is 0 Å². The molecule has 1 radical (unpaired) electrons. The van der Waals surface area contributed by atoms with Gasteiger partial charge < -0.3 is 0 Å². The first-order valence-electron chi connectivity index (χ1n) is 2.66. The van der Waals surface area contributed by atoms with Gasteiger partial charge in [-0.05, 0) is 6.92 Å². The monoisotopic (exact) mass is 110 g/mol. The van der Waals surface area contributed by atoms with Crippen molar-refractivity contribution in [3.8, 4) is 0 Å². The quantitative estimate of drug-likeness (QED) is 0.383. The minimum absolute atomic E-state index is 0.743. The van der Waals surface area contributed by atoms with E-state index >= 15 is 0 Å². The van der Waals surface area contributed by atoms with Crippen molar-refractivity contribution in [1.82, 2.24) is 5.32 Å². The van der Waals surface area contributed by atoms with Gasteiger partial charge in [-0.3, -0.25) is 0 Å². The molecule has 0 amide bonds. The van der Waals surface area contributed by atoms with Crippen LogP contribution in [0.3, 0.4) is 0 Å². The van der Waals surface area contributed by atoms with Gasteiger partial charge in [0.25, 0.3) is 0 Å². The van der Waals surface area contributed by atoms with Crippen LogP contribution in [0.1, 0.15) is 6.92 Å². The summed E-state index contributed by atoms with van der Waals surface area (Å²) in [4.78, 5) is 0. The largest absolute Gasteiger partial charge is 0.233 e. The molecule has 0 saturated carbocycles. The van der Waals surface area contributed by atoms with E-state index in [0.29, 0.717) is 0 Å². The van der Waals surface area contributed by atoms with E-state index in [0.717, 1.165) is 18.7 Å². The maximum Gasteiger partial charge on any atom is 0.0342 e. The molecule has 1 heteroatoms. The second-order valence-electron chi connectivity index (χ2n) is 1.81. The summed E-state index contributed by atoms with van der Waals surface area (Å²) in [5.41, 5.74) is 1.10. The van der Waals surface area contributed by atoms with E-state index < -0.39 is 0 Å². The molecule has 1 nitrogen and oxygen atoms in total. The molecular formula is C7H12N. The Morgan fingerprint density at radius 2 is 2.38 bits per heavy atom. The highest BCUT2D eigenvalue weighted by molar-refractivity contribution is 4.91. The fourth-order valence-electron chi connectivity index (χ4n) is 0.347. The van der Waals surface area contributed by atoms with Gasteiger partial charge >= 0.3 is 0 Å². The lowest BCUT2D eigenvalue weighted by Gasteiger charge is -1.94. The second kappa shape index (κ2) is 4.60. The fourth-order valence-corrected chi connectivity index (χ4v) is 0.347. The summed E-state index contributed by atoms with van der Waals surface area (Å²) in [6.45, 7) is 10.7. The Bertz CT molecular complexity index is 84.4. The second-order valence-corrected chi connectivity index (χ2v) is 1.81. The van der Waals surface area contributed by atoms with Gasteiger partial charge in [-0.15, -0.1) is 6.58 Å². The average Bonchev–Trinajstić information content (AvgIpc) is 1.66. The summed E-state index contributed by atoms with van der Waals surface area (Å²) < 4.78 is 0. The number of nitrogens with zero attached hydrogens (tertiary/aromatic N) is 1. The minimum Gasteiger partial charge on any atom is -0.233 e. The number of rotatable bonds is 4. The summed E-state index contributed by atoms with van der Waals surface area (Å²) >= 11 is 0. The van der Waals surface area contributed by atoms with Crippen LogP contribution in [-0.4, -0.2) is 13.1 Å². The van der Waals surface area contributed by atoms with Gasteiger partial charge in [-0.25, -0.2) is 5.32 Å². The van der Waals surface area contributed by atoms with Gasteiger partial charge in [0.2, 0.25) is 0 Å². The van der Waals surface area contributed by atoms with Crippen LogP contribution in [0.2, 0.25) is 0 Å². The predicted octanol–water partition coefficient (Wildman–Crippen LogP) is 1.35. The third kappa shape index (κ3) is 5.44. The maximum atomic E-state index is 4.07. The van der Waals surface area contributed by atoms with Crippen molar-refractivity contribution < 1.29 is 0 Å². The van der Waals surface area contributed by atoms with Crippen molar-refractivity contribution in [2.75, 3.05) is 13.1 Å². The molecule has 0 N–H and O–H groups in total. The normalized spacial score (nSPS) is 8.62. The van der Waals surface area contributed by atoms with E-state index in [4.69, 9.17) is 0 Å². The average molecular weight is 110 g/mol. The Morgan fingerprint density at radius 1 is 1.75 bits per heavy atom. The number of hydrogen-bond donors (Lipinski definition) is 0. The summed E-state index contributed by atoms with van der Waals surface area (Å²) in [5, 5.41) is 4.07. The first-order chi connectivity index (χ1) is 3.77. The molecule has 0 heterocycles. The van der Waals surface area contributed by atoms with Crippen LogP contribution in [0.4, 0.5) is 0 Å². The zero-order valence-electron chi connectivity index (χ0n) is 5.35. The molecule has 8 heavy (non-hydrogen) atoms. The van der Waals surface area contributed by atoms with Crippen LogP contribution in [0.15, 0.2) is 24.8 Å². The molecule has 0 bridgehead atoms. The lowest BCUT2D eigenvalue weighted by Crippen LogP contribution is -2.06. The van der Waals surface area contributed by atoms with E-state index in [1.165, 1.54) is 0 Å². The van der Waals surface area contributed by atoms with E-state index in [2.05, 4.69) is 18.5 Å². The highest BCUT2D eigenvalue weighted by atomic mass is 14.8. The molecule has 0 aromatic carbocycles. The van der Waals surface area contributed by atoms with Gasteiger partial charge in [0.05, 0.1) is 0 Å². The van der Waals surface area contributed by atoms with Crippen molar-refractivity contribution >= 4 is 0 Å². The van der Waals surface area contributed by atoms with Gasteiger partial charge in [0.15, 0.2) is 0 Å². The molecule has 0 unspecified atom stereocenters. The standard InChI is InChI=1S/C7H12N/c1-4-5-8-6-7(2)3/h4H,1-2,5-6H2,3H3. The van der Waals surface area contributed by atoms with E-state index in [9.17, 15) is 0 Å². The van der Waals surface area contributed by atoms with Crippen LogP contribution in [-0.2, 0) is 0 Å². The van der Waals surface area contributed by atoms with Crippen molar-refractivity contribution in [3.63, 3.8) is 0 Å². The number of hydrogen-bond acceptors (Lipinski definition) is 0. The molecule has 0 aromatic rings. The molecule has 0 aromatic heterocycles. The minimum atomic E-state index is 0.743. The summed E-state index contributed by atoms with van der Waals surface area (Å²) in [6, 6.07) is 0. The van der Waals surface area contributed by atoms with Crippen molar-refractivity contribution in [2.45, 2.75) is 6.92 Å². The lowest BCUT2D eigenvalue weighted by molar-refractivity contribution is 0.799. The lowest BCUT2D eigenvalue weighted by atomic mass is 10.3. The first kappa shape index (κ1) is 7.44. The SMILES string of the molecule is C=CC[N]CC(=C)C. The van der Waals surface area contributed by atoms with Crippen LogP contribution < -0.4 is 5.32 Å². The Balaban J connectivity index is 2.93. The van der Waals surface area contributed by atoms with Gasteiger partial charge in [0.1, 0.15) is 0 Å². The van der Waals surface area contributed by atoms with Crippen molar-refractivity contribution in [3.05, 3.63) is 24.8 Å². The summed E-state index contributed by atoms with van der Waals surface area (Å²) in [7, 11) is 0. The Labute approximate surface area is 51.1 Å². The molecule has 0 aliphatic rings. The van der Waals surface area contributed by atoms with Gasteiger partial charge in [-0.1, -0.05) is 18.2 Å². The molecule has 0 spiro atoms. The molecule has 0 fully saturated rings. The first-order valence-corrected chi connectivity index (χ1v) is 2.66. The third-order valence-corrected chi connectivity index (χ3v) is 0.640. The van der Waals surface area contributed by atoms with Gasteiger partial charge in [-0.2, -0.15) is 0 Å². The van der Waals surface area contributed by atoms with Crippen LogP contribution in [0, 0.1) is 0 Å². The highest BCUT2D eigenvalue weighted by Gasteiger charge is 1.81. The van der Waals surface area contributed by atoms with Crippen molar-refractivity contribution in [2.24, 2.45) is 0 Å². The Hall–Kier alpha value is -0.560. The Kier molecular flexibility index (Phi) is 4.27. The smallest absolute Gasteiger partial charge is 0.0342 e. The van der Waals surface area contributed by atoms with Crippen LogP contribution in [0.25, 0.3) is 0 Å². The summed E-state index contributed by atoms with van der Waals surface area (Å²) in [6.07, 6.45) is 1.78. The molecule has 0 rings (SSSR count). The van der Waals surface area contributed by atoms with Crippen LogP contribution in [0.5, 0.6) is 0 Å². The van der Waals surface area contributed by atoms with Gasteiger partial charge in [0, 0.05) is 13.1 Å². The van der Waals surface area contributed by atoms with E-state index in [1.807, 2.05) is 6.92 Å². The fraction of sp³-hybridized carbons (Fsp3) is 0.429. The maximum absolute atomic E-state index is 4.07. The molecule has 0 aliphatic heterocycles. The summed E-state index contributed by atoms with van der Waals surface area (Å²) in [5.74, 6) is 0.